The van der Waals surface area contributed by atoms with Crippen molar-refractivity contribution in [1.29, 1.82) is 0 Å². The van der Waals surface area contributed by atoms with Crippen LogP contribution in [-0.2, 0) is 16.0 Å². The lowest BCUT2D eigenvalue weighted by atomic mass is 10.0. The van der Waals surface area contributed by atoms with Crippen molar-refractivity contribution < 1.29 is 13.9 Å². The van der Waals surface area contributed by atoms with E-state index in [1.165, 1.54) is 12.1 Å². The number of aromatic amines is 1. The van der Waals surface area contributed by atoms with Crippen molar-refractivity contribution in [3.63, 3.8) is 0 Å². The Balaban J connectivity index is 2.07. The predicted molar refractivity (Wildman–Crippen MR) is 79.2 cm³/mol. The third-order valence-electron chi connectivity index (χ3n) is 3.56. The van der Waals surface area contributed by atoms with Crippen molar-refractivity contribution in [1.82, 2.24) is 10.3 Å². The van der Waals surface area contributed by atoms with Gasteiger partial charge in [0.25, 0.3) is 0 Å². The van der Waals surface area contributed by atoms with Crippen LogP contribution in [0.4, 0.5) is 4.39 Å². The number of rotatable bonds is 3. The van der Waals surface area contributed by atoms with E-state index in [9.17, 15) is 9.18 Å². The van der Waals surface area contributed by atoms with Crippen LogP contribution in [0.15, 0.2) is 24.4 Å². The van der Waals surface area contributed by atoms with E-state index >= 15 is 0 Å². The second-order valence-corrected chi connectivity index (χ2v) is 5.07. The Bertz CT molecular complexity index is 718. The number of H-pyrrole nitrogens is 1. The normalized spacial score (nSPS) is 14.1. The molecule has 0 saturated carbocycles. The van der Waals surface area contributed by atoms with Crippen LogP contribution in [0, 0.1) is 5.82 Å². The Hall–Kier alpha value is -2.30. The highest BCUT2D eigenvalue weighted by Gasteiger charge is 2.23. The van der Waals surface area contributed by atoms with Crippen LogP contribution >= 0.6 is 0 Å². The third kappa shape index (κ3) is 2.51. The summed E-state index contributed by atoms with van der Waals surface area (Å²) in [5, 5.41) is 4.06. The number of carbonyl (C=O) groups is 1. The maximum atomic E-state index is 13.4. The van der Waals surface area contributed by atoms with E-state index in [1.54, 1.807) is 12.3 Å². The Morgan fingerprint density at radius 3 is 3.10 bits per heavy atom. The highest BCUT2D eigenvalue weighted by atomic mass is 19.1. The van der Waals surface area contributed by atoms with E-state index in [0.29, 0.717) is 17.7 Å². The van der Waals surface area contributed by atoms with E-state index in [2.05, 4.69) is 10.3 Å². The predicted octanol–water partition coefficient (Wildman–Crippen LogP) is 2.75. The summed E-state index contributed by atoms with van der Waals surface area (Å²) in [4.78, 5) is 15.3. The van der Waals surface area contributed by atoms with E-state index in [4.69, 9.17) is 4.74 Å². The van der Waals surface area contributed by atoms with Crippen LogP contribution in [0.2, 0.25) is 0 Å². The molecule has 5 heteroatoms. The van der Waals surface area contributed by atoms with Gasteiger partial charge in [0, 0.05) is 23.6 Å². The molecule has 1 aromatic heterocycles. The van der Waals surface area contributed by atoms with Crippen molar-refractivity contribution >= 4 is 22.4 Å². The summed E-state index contributed by atoms with van der Waals surface area (Å²) < 4.78 is 18.6. The molecule has 0 atom stereocenters. The molecule has 1 aromatic carbocycles. The molecule has 110 valence electrons. The van der Waals surface area contributed by atoms with Crippen molar-refractivity contribution in [2.45, 2.75) is 19.8 Å². The molecule has 0 amide bonds. The summed E-state index contributed by atoms with van der Waals surface area (Å²) in [6, 6.07) is 4.64. The van der Waals surface area contributed by atoms with Crippen LogP contribution in [0.1, 0.15) is 24.6 Å². The van der Waals surface area contributed by atoms with E-state index in [0.717, 1.165) is 36.0 Å². The summed E-state index contributed by atoms with van der Waals surface area (Å²) in [6.07, 6.45) is 3.22. The monoisotopic (exact) mass is 288 g/mol. The maximum absolute atomic E-state index is 13.4. The molecule has 0 aliphatic carbocycles. The fraction of sp³-hybridized carbons (Fsp3) is 0.312. The molecule has 0 spiro atoms. The average molecular weight is 288 g/mol. The summed E-state index contributed by atoms with van der Waals surface area (Å²) in [7, 11) is 0. The number of benzene rings is 1. The lowest BCUT2D eigenvalue weighted by molar-refractivity contribution is -0.136. The average Bonchev–Trinajstić information content (AvgIpc) is 2.68. The highest BCUT2D eigenvalue weighted by Crippen LogP contribution is 2.30. The Kier molecular flexibility index (Phi) is 3.64. The van der Waals surface area contributed by atoms with E-state index < -0.39 is 0 Å². The molecule has 0 saturated heterocycles. The molecule has 0 bridgehead atoms. The zero-order valence-electron chi connectivity index (χ0n) is 11.8. The van der Waals surface area contributed by atoms with Gasteiger partial charge in [-0.1, -0.05) is 6.92 Å². The van der Waals surface area contributed by atoms with Crippen LogP contribution < -0.4 is 5.32 Å². The first-order chi connectivity index (χ1) is 10.2. The SMILES string of the molecule is CCCOC(=O)C1=CNCCc2c1[nH]c1cc(F)ccc21. The van der Waals surface area contributed by atoms with Gasteiger partial charge >= 0.3 is 5.97 Å². The molecule has 2 heterocycles. The minimum Gasteiger partial charge on any atom is -0.462 e. The molecule has 2 N–H and O–H groups in total. The first-order valence-corrected chi connectivity index (χ1v) is 7.12. The maximum Gasteiger partial charge on any atom is 0.341 e. The number of ether oxygens (including phenoxy) is 1. The number of fused-ring (bicyclic) bond motifs is 3. The van der Waals surface area contributed by atoms with Gasteiger partial charge in [-0.3, -0.25) is 0 Å². The standard InChI is InChI=1S/C16H17FN2O2/c1-2-7-21-16(20)13-9-18-6-5-12-11-4-3-10(17)8-14(11)19-15(12)13/h3-4,8-9,18-19H,2,5-7H2,1H3. The fourth-order valence-corrected chi connectivity index (χ4v) is 2.59. The van der Waals surface area contributed by atoms with Crippen LogP contribution in [-0.4, -0.2) is 24.1 Å². The molecular formula is C16H17FN2O2. The number of hydrogen-bond acceptors (Lipinski definition) is 3. The first kappa shape index (κ1) is 13.7. The van der Waals surface area contributed by atoms with Crippen molar-refractivity contribution in [2.24, 2.45) is 0 Å². The van der Waals surface area contributed by atoms with Gasteiger partial charge < -0.3 is 15.0 Å². The summed E-state index contributed by atoms with van der Waals surface area (Å²) in [6.45, 7) is 3.06. The number of esters is 1. The second kappa shape index (κ2) is 5.60. The lowest BCUT2D eigenvalue weighted by Gasteiger charge is -2.06. The van der Waals surface area contributed by atoms with Gasteiger partial charge in [-0.25, -0.2) is 9.18 Å². The molecule has 21 heavy (non-hydrogen) atoms. The molecule has 4 nitrogen and oxygen atoms in total. The van der Waals surface area contributed by atoms with E-state index in [1.807, 2.05) is 6.92 Å². The molecule has 3 rings (SSSR count). The summed E-state index contributed by atoms with van der Waals surface area (Å²) in [5.41, 5.74) is 2.92. The van der Waals surface area contributed by atoms with Gasteiger partial charge in [0.1, 0.15) is 5.82 Å². The zero-order chi connectivity index (χ0) is 14.8. The number of hydrogen-bond donors (Lipinski definition) is 2. The van der Waals surface area contributed by atoms with Gasteiger partial charge in [-0.15, -0.1) is 0 Å². The fourth-order valence-electron chi connectivity index (χ4n) is 2.59. The smallest absolute Gasteiger partial charge is 0.341 e. The largest absolute Gasteiger partial charge is 0.462 e. The van der Waals surface area contributed by atoms with Gasteiger partial charge in [0.15, 0.2) is 0 Å². The summed E-state index contributed by atoms with van der Waals surface area (Å²) >= 11 is 0. The minimum absolute atomic E-state index is 0.295. The van der Waals surface area contributed by atoms with Crippen LogP contribution in [0.5, 0.6) is 0 Å². The Labute approximate surface area is 122 Å². The molecular weight excluding hydrogens is 271 g/mol. The second-order valence-electron chi connectivity index (χ2n) is 5.07. The number of nitrogens with one attached hydrogen (secondary N) is 2. The van der Waals surface area contributed by atoms with Crippen LogP contribution in [0.3, 0.4) is 0 Å². The molecule has 1 aliphatic heterocycles. The highest BCUT2D eigenvalue weighted by molar-refractivity contribution is 6.17. The van der Waals surface area contributed by atoms with Gasteiger partial charge in [0.05, 0.1) is 17.9 Å². The van der Waals surface area contributed by atoms with Gasteiger partial charge in [0.2, 0.25) is 0 Å². The number of carbonyl (C=O) groups excluding carboxylic acids is 1. The quantitative estimate of drug-likeness (QED) is 0.854. The van der Waals surface area contributed by atoms with Gasteiger partial charge in [-0.2, -0.15) is 0 Å². The topological polar surface area (TPSA) is 54.1 Å². The number of halogens is 1. The molecule has 0 fully saturated rings. The van der Waals surface area contributed by atoms with Gasteiger partial charge in [-0.05, 0) is 36.6 Å². The number of aromatic nitrogens is 1. The Morgan fingerprint density at radius 1 is 1.43 bits per heavy atom. The molecule has 1 aliphatic rings. The summed E-state index contributed by atoms with van der Waals surface area (Å²) in [5.74, 6) is -0.657. The van der Waals surface area contributed by atoms with Crippen molar-refractivity contribution in [2.75, 3.05) is 13.2 Å². The van der Waals surface area contributed by atoms with Crippen molar-refractivity contribution in [3.05, 3.63) is 41.5 Å². The first-order valence-electron chi connectivity index (χ1n) is 7.12. The third-order valence-corrected chi connectivity index (χ3v) is 3.56. The zero-order valence-corrected chi connectivity index (χ0v) is 11.8. The lowest BCUT2D eigenvalue weighted by Crippen LogP contribution is -2.11. The Morgan fingerprint density at radius 2 is 2.29 bits per heavy atom. The molecule has 2 aromatic rings. The molecule has 0 unspecified atom stereocenters. The van der Waals surface area contributed by atoms with Crippen LogP contribution in [0.25, 0.3) is 16.5 Å². The van der Waals surface area contributed by atoms with E-state index in [-0.39, 0.29) is 11.8 Å². The molecule has 0 radical (unpaired) electrons. The van der Waals surface area contributed by atoms with Crippen molar-refractivity contribution in [3.8, 4) is 0 Å². The minimum atomic E-state index is -0.362.